The first-order valence-electron chi connectivity index (χ1n) is 12.5. The summed E-state index contributed by atoms with van der Waals surface area (Å²) in [7, 11) is 0. The Morgan fingerprint density at radius 3 is 2.27 bits per heavy atom. The summed E-state index contributed by atoms with van der Waals surface area (Å²) in [5.41, 5.74) is 10.5. The van der Waals surface area contributed by atoms with E-state index in [1.54, 1.807) is 0 Å². The highest BCUT2D eigenvalue weighted by atomic mass is 15.3. The van der Waals surface area contributed by atoms with Crippen LogP contribution in [0.5, 0.6) is 0 Å². The van der Waals surface area contributed by atoms with Gasteiger partial charge in [0.2, 0.25) is 0 Å². The SMILES string of the molecule is c1ccc(-c2ccc3c(c2)N2B(c4ccccc4-c4ccccc42)N3c2ccc3cccnc3n2)cc1. The Kier molecular flexibility index (Phi) is 4.28. The van der Waals surface area contributed by atoms with Crippen molar-refractivity contribution in [1.82, 2.24) is 9.97 Å². The fraction of sp³-hybridized carbons (Fsp3) is 0. The predicted molar refractivity (Wildman–Crippen MR) is 153 cm³/mol. The molecule has 0 unspecified atom stereocenters. The Morgan fingerprint density at radius 1 is 0.541 bits per heavy atom. The van der Waals surface area contributed by atoms with Crippen molar-refractivity contribution in [2.75, 3.05) is 9.62 Å². The van der Waals surface area contributed by atoms with Gasteiger partial charge < -0.3 is 9.62 Å². The third-order valence-corrected chi connectivity index (χ3v) is 7.48. The van der Waals surface area contributed by atoms with E-state index in [4.69, 9.17) is 4.98 Å². The van der Waals surface area contributed by atoms with E-state index in [0.29, 0.717) is 0 Å². The molecule has 0 bridgehead atoms. The van der Waals surface area contributed by atoms with E-state index >= 15 is 0 Å². The molecule has 0 atom stereocenters. The number of fused-ring (bicyclic) bond motifs is 9. The fourth-order valence-corrected chi connectivity index (χ4v) is 5.85. The summed E-state index contributed by atoms with van der Waals surface area (Å²) in [6, 6.07) is 43.1. The maximum Gasteiger partial charge on any atom is 0.422 e. The third kappa shape index (κ3) is 2.98. The number of para-hydroxylation sites is 1. The number of aromatic nitrogens is 2. The van der Waals surface area contributed by atoms with Gasteiger partial charge in [0.25, 0.3) is 0 Å². The van der Waals surface area contributed by atoms with Crippen molar-refractivity contribution in [2.45, 2.75) is 0 Å². The molecular weight excluding hydrogens is 451 g/mol. The van der Waals surface area contributed by atoms with Gasteiger partial charge in [0.05, 0.1) is 11.4 Å². The van der Waals surface area contributed by atoms with E-state index in [2.05, 4.69) is 130 Å². The van der Waals surface area contributed by atoms with E-state index in [-0.39, 0.29) is 6.98 Å². The minimum atomic E-state index is -0.0548. The van der Waals surface area contributed by atoms with Crippen LogP contribution < -0.4 is 15.1 Å². The normalized spacial score (nSPS) is 13.2. The maximum atomic E-state index is 5.04. The molecule has 4 nitrogen and oxygen atoms in total. The summed E-state index contributed by atoms with van der Waals surface area (Å²) in [5, 5.41) is 1.04. The molecule has 0 radical (unpaired) electrons. The van der Waals surface area contributed by atoms with Crippen LogP contribution in [-0.4, -0.2) is 17.0 Å². The molecule has 172 valence electrons. The first-order chi connectivity index (χ1) is 18.4. The second-order valence-corrected chi connectivity index (χ2v) is 9.51. The molecule has 0 N–H and O–H groups in total. The van der Waals surface area contributed by atoms with Crippen LogP contribution in [0.1, 0.15) is 0 Å². The zero-order valence-corrected chi connectivity index (χ0v) is 20.0. The molecule has 0 aliphatic carbocycles. The van der Waals surface area contributed by atoms with E-state index in [9.17, 15) is 0 Å². The lowest BCUT2D eigenvalue weighted by Gasteiger charge is -2.36. The molecule has 4 heterocycles. The molecule has 2 aliphatic heterocycles. The van der Waals surface area contributed by atoms with Gasteiger partial charge in [-0.25, -0.2) is 9.97 Å². The van der Waals surface area contributed by atoms with Crippen LogP contribution in [0.4, 0.5) is 22.9 Å². The predicted octanol–water partition coefficient (Wildman–Crippen LogP) is 6.96. The second kappa shape index (κ2) is 7.80. The summed E-state index contributed by atoms with van der Waals surface area (Å²) in [6.07, 6.45) is 1.81. The summed E-state index contributed by atoms with van der Waals surface area (Å²) in [4.78, 5) is 14.4. The number of nitrogens with zero attached hydrogens (tertiary/aromatic N) is 4. The number of anilines is 4. The van der Waals surface area contributed by atoms with Crippen molar-refractivity contribution in [2.24, 2.45) is 0 Å². The average Bonchev–Trinajstić information content (AvgIpc) is 3.32. The van der Waals surface area contributed by atoms with Crippen molar-refractivity contribution in [3.8, 4) is 22.3 Å². The van der Waals surface area contributed by atoms with Gasteiger partial charge in [0.15, 0.2) is 5.65 Å². The van der Waals surface area contributed by atoms with Crippen LogP contribution in [-0.2, 0) is 0 Å². The van der Waals surface area contributed by atoms with E-state index in [1.165, 1.54) is 39.1 Å². The minimum absolute atomic E-state index is 0.0548. The van der Waals surface area contributed by atoms with Gasteiger partial charge in [-0.15, -0.1) is 0 Å². The van der Waals surface area contributed by atoms with Crippen LogP contribution in [0, 0.1) is 0 Å². The molecule has 0 spiro atoms. The molecule has 4 aromatic carbocycles. The van der Waals surface area contributed by atoms with Gasteiger partial charge >= 0.3 is 6.98 Å². The van der Waals surface area contributed by atoms with Gasteiger partial charge in [-0.1, -0.05) is 78.9 Å². The fourth-order valence-electron chi connectivity index (χ4n) is 5.85. The number of pyridine rings is 2. The zero-order chi connectivity index (χ0) is 24.3. The van der Waals surface area contributed by atoms with Crippen molar-refractivity contribution in [3.05, 3.63) is 128 Å². The highest BCUT2D eigenvalue weighted by molar-refractivity contribution is 6.86. The Balaban J connectivity index is 1.41. The molecule has 8 rings (SSSR count). The van der Waals surface area contributed by atoms with Gasteiger partial charge in [0, 0.05) is 22.8 Å². The van der Waals surface area contributed by atoms with Crippen molar-refractivity contribution < 1.29 is 0 Å². The lowest BCUT2D eigenvalue weighted by atomic mass is 9.59. The number of hydrogen-bond acceptors (Lipinski definition) is 4. The lowest BCUT2D eigenvalue weighted by Crippen LogP contribution is -2.55. The van der Waals surface area contributed by atoms with E-state index in [1.807, 2.05) is 12.3 Å². The van der Waals surface area contributed by atoms with Crippen molar-refractivity contribution in [3.63, 3.8) is 0 Å². The molecule has 2 aromatic heterocycles. The quantitative estimate of drug-likeness (QED) is 0.255. The monoisotopic (exact) mass is 472 g/mol. The Bertz CT molecular complexity index is 1820. The smallest absolute Gasteiger partial charge is 0.359 e. The summed E-state index contributed by atoms with van der Waals surface area (Å²) >= 11 is 0. The second-order valence-electron chi connectivity index (χ2n) is 9.51. The summed E-state index contributed by atoms with van der Waals surface area (Å²) < 4.78 is 0. The number of benzene rings is 4. The molecule has 0 saturated heterocycles. The highest BCUT2D eigenvalue weighted by Crippen LogP contribution is 2.51. The van der Waals surface area contributed by atoms with Crippen molar-refractivity contribution in [1.29, 1.82) is 0 Å². The molecule has 2 aliphatic rings. The molecule has 0 amide bonds. The number of hydrogen-bond donors (Lipinski definition) is 0. The molecule has 0 fully saturated rings. The van der Waals surface area contributed by atoms with Gasteiger partial charge in [-0.2, -0.15) is 0 Å². The topological polar surface area (TPSA) is 32.3 Å². The maximum absolute atomic E-state index is 5.04. The van der Waals surface area contributed by atoms with Gasteiger partial charge in [-0.05, 0) is 64.6 Å². The molecular formula is C32H21BN4. The Morgan fingerprint density at radius 2 is 1.35 bits per heavy atom. The Hall–Kier alpha value is -4.90. The first kappa shape index (κ1) is 20.3. The van der Waals surface area contributed by atoms with Gasteiger partial charge in [0.1, 0.15) is 5.82 Å². The number of rotatable bonds is 2. The molecule has 5 heteroatoms. The molecule has 6 aromatic rings. The highest BCUT2D eigenvalue weighted by Gasteiger charge is 2.48. The first-order valence-corrected chi connectivity index (χ1v) is 12.5. The van der Waals surface area contributed by atoms with Crippen LogP contribution in [0.3, 0.4) is 0 Å². The van der Waals surface area contributed by atoms with Crippen LogP contribution in [0.15, 0.2) is 128 Å². The Labute approximate surface area is 215 Å². The van der Waals surface area contributed by atoms with Gasteiger partial charge in [-0.3, -0.25) is 0 Å². The van der Waals surface area contributed by atoms with E-state index < -0.39 is 0 Å². The zero-order valence-electron chi connectivity index (χ0n) is 20.0. The molecule has 37 heavy (non-hydrogen) atoms. The van der Waals surface area contributed by atoms with Crippen LogP contribution in [0.2, 0.25) is 0 Å². The van der Waals surface area contributed by atoms with Crippen LogP contribution >= 0.6 is 0 Å². The average molecular weight is 472 g/mol. The largest absolute Gasteiger partial charge is 0.422 e. The summed E-state index contributed by atoms with van der Waals surface area (Å²) in [5.74, 6) is 0.890. The van der Waals surface area contributed by atoms with Crippen molar-refractivity contribution >= 4 is 46.4 Å². The lowest BCUT2D eigenvalue weighted by molar-refractivity contribution is 1.23. The third-order valence-electron chi connectivity index (χ3n) is 7.48. The van der Waals surface area contributed by atoms with E-state index in [0.717, 1.165) is 22.5 Å². The standard InChI is InChI=1S/C32H21BN4/c1-2-9-22(10-3-1)24-16-18-29-30(21-24)36-28-15-7-5-13-26(28)25-12-4-6-14-27(25)33(36)37(29)31-19-17-23-11-8-20-34-32(23)35-31/h1-21H. The summed E-state index contributed by atoms with van der Waals surface area (Å²) in [6.45, 7) is -0.0548. The molecule has 0 saturated carbocycles. The minimum Gasteiger partial charge on any atom is -0.359 e. The van der Waals surface area contributed by atoms with Crippen LogP contribution in [0.25, 0.3) is 33.3 Å².